The van der Waals surface area contributed by atoms with Crippen LogP contribution in [0.3, 0.4) is 0 Å². The van der Waals surface area contributed by atoms with Crippen LogP contribution in [0.15, 0.2) is 52.3 Å². The van der Waals surface area contributed by atoms with Crippen molar-refractivity contribution in [1.29, 1.82) is 0 Å². The third-order valence-corrected chi connectivity index (χ3v) is 5.68. The molecule has 2 aromatic carbocycles. The van der Waals surface area contributed by atoms with Crippen molar-refractivity contribution in [2.75, 3.05) is 23.4 Å². The molecule has 4 nitrogen and oxygen atoms in total. The molecule has 1 heterocycles. The molecule has 0 saturated heterocycles. The largest absolute Gasteiger partial charge is 0.351 e. The number of carbonyl (C=O) groups is 2. The molecular formula is C17H15ClN2O2S2. The highest BCUT2D eigenvalue weighted by molar-refractivity contribution is 8.00. The number of anilines is 1. The highest BCUT2D eigenvalue weighted by Gasteiger charge is 2.17. The van der Waals surface area contributed by atoms with Crippen LogP contribution in [0.1, 0.15) is 10.4 Å². The van der Waals surface area contributed by atoms with Crippen molar-refractivity contribution in [2.24, 2.45) is 0 Å². The maximum atomic E-state index is 12.2. The smallest absolute Gasteiger partial charge is 0.251 e. The third kappa shape index (κ3) is 4.47. The average Bonchev–Trinajstić information content (AvgIpc) is 2.59. The lowest BCUT2D eigenvalue weighted by molar-refractivity contribution is -0.113. The molecule has 0 saturated carbocycles. The van der Waals surface area contributed by atoms with E-state index in [-0.39, 0.29) is 11.8 Å². The van der Waals surface area contributed by atoms with E-state index in [0.717, 1.165) is 15.5 Å². The molecule has 0 aromatic heterocycles. The quantitative estimate of drug-likeness (QED) is 0.611. The molecule has 0 fully saturated rings. The van der Waals surface area contributed by atoms with Gasteiger partial charge in [-0.3, -0.25) is 9.59 Å². The fraction of sp³-hybridized carbons (Fsp3) is 0.176. The van der Waals surface area contributed by atoms with Crippen LogP contribution < -0.4 is 10.6 Å². The van der Waals surface area contributed by atoms with E-state index >= 15 is 0 Å². The Labute approximate surface area is 153 Å². The molecule has 0 radical (unpaired) electrons. The van der Waals surface area contributed by atoms with Gasteiger partial charge in [0.1, 0.15) is 0 Å². The highest BCUT2D eigenvalue weighted by Crippen LogP contribution is 2.31. The van der Waals surface area contributed by atoms with E-state index in [0.29, 0.717) is 28.6 Å². The number of hydrogen-bond donors (Lipinski definition) is 2. The number of nitrogens with one attached hydrogen (secondary N) is 2. The zero-order valence-electron chi connectivity index (χ0n) is 12.7. The lowest BCUT2D eigenvalue weighted by Gasteiger charge is -2.16. The summed E-state index contributed by atoms with van der Waals surface area (Å²) >= 11 is 8.98. The number of thioether (sulfide) groups is 2. The Morgan fingerprint density at radius 1 is 1.25 bits per heavy atom. The predicted molar refractivity (Wildman–Crippen MR) is 100 cm³/mol. The molecule has 1 aliphatic heterocycles. The topological polar surface area (TPSA) is 58.2 Å². The Hall–Kier alpha value is -1.63. The Kier molecular flexibility index (Phi) is 5.71. The number of hydrogen-bond acceptors (Lipinski definition) is 4. The van der Waals surface area contributed by atoms with Gasteiger partial charge in [0.15, 0.2) is 0 Å². The van der Waals surface area contributed by atoms with Crippen LogP contribution in [0, 0.1) is 0 Å². The molecule has 2 amide bonds. The van der Waals surface area contributed by atoms with Crippen molar-refractivity contribution in [3.63, 3.8) is 0 Å². The Balaban J connectivity index is 1.51. The average molecular weight is 379 g/mol. The minimum absolute atomic E-state index is 0.0376. The molecule has 1 aliphatic rings. The van der Waals surface area contributed by atoms with Gasteiger partial charge in [0.05, 0.1) is 11.4 Å². The van der Waals surface area contributed by atoms with Gasteiger partial charge in [-0.25, -0.2) is 0 Å². The molecule has 2 aromatic rings. The second-order valence-corrected chi connectivity index (χ2v) is 7.73. The summed E-state index contributed by atoms with van der Waals surface area (Å²) in [5.41, 5.74) is 1.26. The number of halogens is 1. The summed E-state index contributed by atoms with van der Waals surface area (Å²) in [7, 11) is 0. The summed E-state index contributed by atoms with van der Waals surface area (Å²) in [5.74, 6) is 1.01. The van der Waals surface area contributed by atoms with Crippen LogP contribution in [0.2, 0.25) is 5.02 Å². The molecule has 0 bridgehead atoms. The molecule has 0 unspecified atom stereocenters. The maximum Gasteiger partial charge on any atom is 0.251 e. The van der Waals surface area contributed by atoms with Gasteiger partial charge in [0, 0.05) is 32.7 Å². The lowest BCUT2D eigenvalue weighted by atomic mass is 10.2. The molecular weight excluding hydrogens is 364 g/mol. The fourth-order valence-corrected chi connectivity index (χ4v) is 3.87. The second-order valence-electron chi connectivity index (χ2n) is 5.11. The van der Waals surface area contributed by atoms with Gasteiger partial charge in [-0.1, -0.05) is 11.6 Å². The number of amides is 2. The standard InChI is InChI=1S/C17H15ClN2O2S2/c18-12-2-4-13(5-3-12)23-8-7-19-17(22)11-1-6-15-14(9-11)20-16(21)10-24-15/h1-6,9H,7-8,10H2,(H,19,22)(H,20,21). The summed E-state index contributed by atoms with van der Waals surface area (Å²) in [5, 5.41) is 6.40. The van der Waals surface area contributed by atoms with E-state index in [1.165, 1.54) is 11.8 Å². The zero-order valence-corrected chi connectivity index (χ0v) is 15.1. The lowest BCUT2D eigenvalue weighted by Crippen LogP contribution is -2.26. The van der Waals surface area contributed by atoms with Crippen LogP contribution in [0.4, 0.5) is 5.69 Å². The first-order valence-electron chi connectivity index (χ1n) is 7.35. The molecule has 2 N–H and O–H groups in total. The second kappa shape index (κ2) is 7.96. The minimum atomic E-state index is -0.140. The molecule has 3 rings (SSSR count). The van der Waals surface area contributed by atoms with Crippen LogP contribution in [-0.2, 0) is 4.79 Å². The van der Waals surface area contributed by atoms with Crippen molar-refractivity contribution in [1.82, 2.24) is 5.32 Å². The summed E-state index contributed by atoms with van der Waals surface area (Å²) < 4.78 is 0. The van der Waals surface area contributed by atoms with Crippen molar-refractivity contribution >= 4 is 52.6 Å². The van der Waals surface area contributed by atoms with E-state index in [9.17, 15) is 9.59 Å². The van der Waals surface area contributed by atoms with Gasteiger partial charge in [-0.05, 0) is 42.5 Å². The number of fused-ring (bicyclic) bond motifs is 1. The number of benzene rings is 2. The van der Waals surface area contributed by atoms with Crippen molar-refractivity contribution < 1.29 is 9.59 Å². The first kappa shape index (κ1) is 17.2. The summed E-state index contributed by atoms with van der Waals surface area (Å²) in [6, 6.07) is 13.0. The maximum absolute atomic E-state index is 12.2. The molecule has 124 valence electrons. The molecule has 0 atom stereocenters. The zero-order chi connectivity index (χ0) is 16.9. The van der Waals surface area contributed by atoms with E-state index in [4.69, 9.17) is 11.6 Å². The Bertz CT molecular complexity index is 766. The van der Waals surface area contributed by atoms with Gasteiger partial charge in [-0.2, -0.15) is 0 Å². The van der Waals surface area contributed by atoms with Gasteiger partial charge >= 0.3 is 0 Å². The number of carbonyl (C=O) groups excluding carboxylic acids is 2. The van der Waals surface area contributed by atoms with E-state index in [1.807, 2.05) is 30.3 Å². The van der Waals surface area contributed by atoms with Crippen LogP contribution in [0.5, 0.6) is 0 Å². The fourth-order valence-electron chi connectivity index (χ4n) is 2.19. The summed E-state index contributed by atoms with van der Waals surface area (Å²) in [4.78, 5) is 25.7. The minimum Gasteiger partial charge on any atom is -0.351 e. The van der Waals surface area contributed by atoms with Gasteiger partial charge in [-0.15, -0.1) is 23.5 Å². The van der Waals surface area contributed by atoms with Gasteiger partial charge in [0.25, 0.3) is 5.91 Å². The first-order chi connectivity index (χ1) is 11.6. The van der Waals surface area contributed by atoms with Crippen LogP contribution in [-0.4, -0.2) is 29.9 Å². The van der Waals surface area contributed by atoms with Crippen molar-refractivity contribution in [3.05, 3.63) is 53.1 Å². The highest BCUT2D eigenvalue weighted by atomic mass is 35.5. The number of rotatable bonds is 5. The molecule has 7 heteroatoms. The predicted octanol–water partition coefficient (Wildman–Crippen LogP) is 3.91. The van der Waals surface area contributed by atoms with Gasteiger partial charge < -0.3 is 10.6 Å². The third-order valence-electron chi connectivity index (χ3n) is 3.34. The van der Waals surface area contributed by atoms with E-state index < -0.39 is 0 Å². The Morgan fingerprint density at radius 3 is 2.83 bits per heavy atom. The summed E-state index contributed by atoms with van der Waals surface area (Å²) in [6.45, 7) is 0.560. The molecule has 0 spiro atoms. The normalized spacial score (nSPS) is 13.1. The molecule has 24 heavy (non-hydrogen) atoms. The van der Waals surface area contributed by atoms with Crippen molar-refractivity contribution in [3.8, 4) is 0 Å². The van der Waals surface area contributed by atoms with Crippen molar-refractivity contribution in [2.45, 2.75) is 9.79 Å². The van der Waals surface area contributed by atoms with Crippen LogP contribution >= 0.6 is 35.1 Å². The first-order valence-corrected chi connectivity index (χ1v) is 9.70. The SMILES string of the molecule is O=C1CSc2ccc(C(=O)NCCSc3ccc(Cl)cc3)cc2N1. The Morgan fingerprint density at radius 2 is 2.04 bits per heavy atom. The van der Waals surface area contributed by atoms with Crippen LogP contribution in [0.25, 0.3) is 0 Å². The van der Waals surface area contributed by atoms with Gasteiger partial charge in [0.2, 0.25) is 5.91 Å². The van der Waals surface area contributed by atoms with E-state index in [2.05, 4.69) is 10.6 Å². The monoisotopic (exact) mass is 378 g/mol. The van der Waals surface area contributed by atoms with E-state index in [1.54, 1.807) is 23.9 Å². The summed E-state index contributed by atoms with van der Waals surface area (Å²) in [6.07, 6.45) is 0. The molecule has 0 aliphatic carbocycles.